The molecule has 1 amide bonds. The van der Waals surface area contributed by atoms with Crippen LogP contribution in [0.2, 0.25) is 0 Å². The molecule has 4 N–H and O–H groups in total. The highest BCUT2D eigenvalue weighted by atomic mass is 16.6. The molecule has 0 aliphatic carbocycles. The fourth-order valence-electron chi connectivity index (χ4n) is 1.44. The van der Waals surface area contributed by atoms with Gasteiger partial charge in [-0.15, -0.1) is 0 Å². The van der Waals surface area contributed by atoms with E-state index < -0.39 is 10.5 Å². The van der Waals surface area contributed by atoms with E-state index in [4.69, 9.17) is 5.73 Å². The Morgan fingerprint density at radius 3 is 2.58 bits per heavy atom. The molecule has 0 spiro atoms. The highest BCUT2D eigenvalue weighted by molar-refractivity contribution is 5.95. The van der Waals surface area contributed by atoms with Gasteiger partial charge in [-0.3, -0.25) is 14.9 Å². The Labute approximate surface area is 111 Å². The van der Waals surface area contributed by atoms with E-state index in [-0.39, 0.29) is 17.2 Å². The molecule has 1 aromatic rings. The summed E-state index contributed by atoms with van der Waals surface area (Å²) in [4.78, 5) is 21.9. The molecule has 19 heavy (non-hydrogen) atoms. The molecule has 7 heteroatoms. The molecule has 0 heterocycles. The summed E-state index contributed by atoms with van der Waals surface area (Å²) in [6.45, 7) is 4.00. The second kappa shape index (κ2) is 5.66. The lowest BCUT2D eigenvalue weighted by molar-refractivity contribution is -0.384. The van der Waals surface area contributed by atoms with Gasteiger partial charge in [0, 0.05) is 30.8 Å². The molecule has 7 nitrogen and oxygen atoms in total. The average Bonchev–Trinajstić information content (AvgIpc) is 2.34. The van der Waals surface area contributed by atoms with Gasteiger partial charge in [0.1, 0.15) is 5.69 Å². The molecule has 0 aromatic heterocycles. The Kier molecular flexibility index (Phi) is 4.44. The molecule has 0 fully saturated rings. The fourth-order valence-corrected chi connectivity index (χ4v) is 1.44. The lowest BCUT2D eigenvalue weighted by atomic mass is 10.1. The summed E-state index contributed by atoms with van der Waals surface area (Å²) in [5.74, 6) is -0.367. The molecule has 0 aliphatic rings. The van der Waals surface area contributed by atoms with Crippen LogP contribution in [0.3, 0.4) is 0 Å². The maximum absolute atomic E-state index is 11.4. The van der Waals surface area contributed by atoms with Gasteiger partial charge in [-0.2, -0.15) is 0 Å². The number of amides is 1. The highest BCUT2D eigenvalue weighted by Gasteiger charge is 2.19. The van der Waals surface area contributed by atoms with E-state index in [1.54, 1.807) is 0 Å². The van der Waals surface area contributed by atoms with Crippen molar-refractivity contribution in [1.82, 2.24) is 5.32 Å². The molecular formula is C12H18N4O3. The predicted molar refractivity (Wildman–Crippen MR) is 73.2 cm³/mol. The first kappa shape index (κ1) is 14.9. The van der Waals surface area contributed by atoms with Gasteiger partial charge < -0.3 is 16.4 Å². The van der Waals surface area contributed by atoms with Gasteiger partial charge in [0.15, 0.2) is 0 Å². The minimum atomic E-state index is -0.529. The van der Waals surface area contributed by atoms with Crippen molar-refractivity contribution in [3.8, 4) is 0 Å². The largest absolute Gasteiger partial charge is 0.378 e. The number of hydrogen-bond donors (Lipinski definition) is 3. The van der Waals surface area contributed by atoms with Crippen LogP contribution in [0.5, 0.6) is 0 Å². The van der Waals surface area contributed by atoms with E-state index in [0.717, 1.165) is 0 Å². The molecule has 0 radical (unpaired) electrons. The third kappa shape index (κ3) is 4.22. The van der Waals surface area contributed by atoms with E-state index in [1.165, 1.54) is 25.2 Å². The van der Waals surface area contributed by atoms with Gasteiger partial charge in [-0.1, -0.05) is 0 Å². The third-order valence-corrected chi connectivity index (χ3v) is 2.42. The van der Waals surface area contributed by atoms with Gasteiger partial charge in [-0.25, -0.2) is 0 Å². The summed E-state index contributed by atoms with van der Waals surface area (Å²) in [6.07, 6.45) is 0. The first-order chi connectivity index (χ1) is 8.74. The van der Waals surface area contributed by atoms with Gasteiger partial charge in [0.2, 0.25) is 0 Å². The maximum Gasteiger partial charge on any atom is 0.293 e. The van der Waals surface area contributed by atoms with Crippen LogP contribution >= 0.6 is 0 Å². The van der Waals surface area contributed by atoms with Crippen LogP contribution in [0.1, 0.15) is 24.2 Å². The molecular weight excluding hydrogens is 248 g/mol. The summed E-state index contributed by atoms with van der Waals surface area (Å²) >= 11 is 0. The van der Waals surface area contributed by atoms with Crippen molar-refractivity contribution in [3.63, 3.8) is 0 Å². The van der Waals surface area contributed by atoms with Crippen molar-refractivity contribution in [1.29, 1.82) is 0 Å². The standard InChI is InChI=1S/C12H18N4O3/c1-12(2,13)7-15-9-5-4-8(11(17)14-3)6-10(9)16(18)19/h4-6,15H,7,13H2,1-3H3,(H,14,17). The zero-order valence-corrected chi connectivity index (χ0v) is 11.2. The number of nitrogens with two attached hydrogens (primary N) is 1. The molecule has 104 valence electrons. The van der Waals surface area contributed by atoms with Crippen LogP contribution in [0.25, 0.3) is 0 Å². The first-order valence-electron chi connectivity index (χ1n) is 5.78. The normalized spacial score (nSPS) is 10.9. The number of carbonyl (C=O) groups excluding carboxylic acids is 1. The van der Waals surface area contributed by atoms with Crippen LogP contribution in [-0.4, -0.2) is 30.0 Å². The number of carbonyl (C=O) groups is 1. The lowest BCUT2D eigenvalue weighted by Crippen LogP contribution is -2.39. The highest BCUT2D eigenvalue weighted by Crippen LogP contribution is 2.25. The number of nitro groups is 1. The van der Waals surface area contributed by atoms with Crippen LogP contribution in [0.15, 0.2) is 18.2 Å². The van der Waals surface area contributed by atoms with Crippen molar-refractivity contribution >= 4 is 17.3 Å². The summed E-state index contributed by atoms with van der Waals surface area (Å²) in [6, 6.07) is 4.27. The minimum absolute atomic E-state index is 0.148. The van der Waals surface area contributed by atoms with E-state index in [2.05, 4.69) is 10.6 Å². The fraction of sp³-hybridized carbons (Fsp3) is 0.417. The van der Waals surface area contributed by atoms with Gasteiger partial charge >= 0.3 is 0 Å². The van der Waals surface area contributed by atoms with Gasteiger partial charge in [-0.05, 0) is 26.0 Å². The van der Waals surface area contributed by atoms with Gasteiger partial charge in [0.05, 0.1) is 4.92 Å². The Bertz CT molecular complexity index is 494. The molecule has 0 bridgehead atoms. The van der Waals surface area contributed by atoms with Crippen LogP contribution in [-0.2, 0) is 0 Å². The lowest BCUT2D eigenvalue weighted by Gasteiger charge is -2.19. The van der Waals surface area contributed by atoms with E-state index in [1.807, 2.05) is 13.8 Å². The molecule has 1 aromatic carbocycles. The molecule has 0 saturated carbocycles. The van der Waals surface area contributed by atoms with Crippen LogP contribution in [0.4, 0.5) is 11.4 Å². The predicted octanol–water partition coefficient (Wildman–Crippen LogP) is 1.10. The molecule has 1 rings (SSSR count). The van der Waals surface area contributed by atoms with Crippen LogP contribution in [0, 0.1) is 10.1 Å². The Balaban J connectivity index is 3.05. The average molecular weight is 266 g/mol. The second-order valence-electron chi connectivity index (χ2n) is 4.91. The summed E-state index contributed by atoms with van der Waals surface area (Å²) in [5.41, 5.74) is 5.76. The van der Waals surface area contributed by atoms with Gasteiger partial charge in [0.25, 0.3) is 11.6 Å². The number of nitrogens with zero attached hydrogens (tertiary/aromatic N) is 1. The smallest absolute Gasteiger partial charge is 0.293 e. The zero-order valence-electron chi connectivity index (χ0n) is 11.2. The number of nitrogens with one attached hydrogen (secondary N) is 2. The topological polar surface area (TPSA) is 110 Å². The third-order valence-electron chi connectivity index (χ3n) is 2.42. The number of benzene rings is 1. The number of anilines is 1. The van der Waals surface area contributed by atoms with Crippen LogP contribution < -0.4 is 16.4 Å². The number of nitro benzene ring substituents is 1. The van der Waals surface area contributed by atoms with Crippen molar-refractivity contribution in [2.75, 3.05) is 18.9 Å². The first-order valence-corrected chi connectivity index (χ1v) is 5.78. The Morgan fingerprint density at radius 2 is 2.11 bits per heavy atom. The number of rotatable bonds is 5. The van der Waals surface area contributed by atoms with E-state index in [0.29, 0.717) is 12.2 Å². The molecule has 0 aliphatic heterocycles. The molecule has 0 unspecified atom stereocenters. The monoisotopic (exact) mass is 266 g/mol. The Hall–Kier alpha value is -2.15. The van der Waals surface area contributed by atoms with Crippen molar-refractivity contribution in [2.45, 2.75) is 19.4 Å². The van der Waals surface area contributed by atoms with Crippen molar-refractivity contribution in [3.05, 3.63) is 33.9 Å². The SMILES string of the molecule is CNC(=O)c1ccc(NCC(C)(C)N)c([N+](=O)[O-])c1. The van der Waals surface area contributed by atoms with Crippen molar-refractivity contribution in [2.24, 2.45) is 5.73 Å². The van der Waals surface area contributed by atoms with Crippen molar-refractivity contribution < 1.29 is 9.72 Å². The summed E-state index contributed by atoms with van der Waals surface area (Å²) < 4.78 is 0. The number of hydrogen-bond acceptors (Lipinski definition) is 5. The maximum atomic E-state index is 11.4. The minimum Gasteiger partial charge on any atom is -0.378 e. The van der Waals surface area contributed by atoms with E-state index in [9.17, 15) is 14.9 Å². The zero-order chi connectivity index (χ0) is 14.6. The summed E-state index contributed by atoms with van der Waals surface area (Å²) in [7, 11) is 1.47. The quantitative estimate of drug-likeness (QED) is 0.546. The second-order valence-corrected chi connectivity index (χ2v) is 4.91. The molecule has 0 saturated heterocycles. The Morgan fingerprint density at radius 1 is 1.47 bits per heavy atom. The molecule has 0 atom stereocenters. The van der Waals surface area contributed by atoms with E-state index >= 15 is 0 Å². The summed E-state index contributed by atoms with van der Waals surface area (Å²) in [5, 5.41) is 16.4.